The predicted molar refractivity (Wildman–Crippen MR) is 78.9 cm³/mol. The number of carbonyl (C=O) groups is 1. The van der Waals surface area contributed by atoms with Gasteiger partial charge in [-0.25, -0.2) is 0 Å². The number of halogens is 4. The Morgan fingerprint density at radius 3 is 1.93 bits per heavy atom. The summed E-state index contributed by atoms with van der Waals surface area (Å²) in [6.07, 6.45) is 1.34. The van der Waals surface area contributed by atoms with E-state index in [1.54, 1.807) is 4.90 Å². The monoisotopic (exact) mass is 461 g/mol. The molecule has 1 aliphatic heterocycles. The molecule has 0 aromatic rings. The van der Waals surface area contributed by atoms with Gasteiger partial charge in [0.25, 0.3) is 0 Å². The Bertz CT molecular complexity index is 151. The minimum Gasteiger partial charge on any atom is -0.378 e. The van der Waals surface area contributed by atoms with Crippen molar-refractivity contribution in [1.29, 1.82) is 0 Å². The maximum absolute atomic E-state index is 10.9. The van der Waals surface area contributed by atoms with Crippen LogP contribution in [0.25, 0.3) is 0 Å². The zero-order valence-electron chi connectivity index (χ0n) is 7.51. The standard InChI is InChI=1S/C7H11NO2.4BrH/c1-2-7(9)8-3-5-10-6-4-8;;;;/h2H,1,3-6H2;4*1H. The van der Waals surface area contributed by atoms with Gasteiger partial charge >= 0.3 is 0 Å². The van der Waals surface area contributed by atoms with Gasteiger partial charge in [0.2, 0.25) is 5.91 Å². The highest BCUT2D eigenvalue weighted by Gasteiger charge is 2.12. The van der Waals surface area contributed by atoms with E-state index in [0.717, 1.165) is 0 Å². The van der Waals surface area contributed by atoms with E-state index >= 15 is 0 Å². The number of ether oxygens (including phenoxy) is 1. The molecule has 1 saturated heterocycles. The minimum atomic E-state index is 0. The molecule has 0 atom stereocenters. The van der Waals surface area contributed by atoms with Crippen molar-refractivity contribution in [2.24, 2.45) is 0 Å². The molecular formula is C7H15Br4NO2. The molecule has 1 aliphatic rings. The highest BCUT2D eigenvalue weighted by atomic mass is 79.9. The molecule has 0 aromatic heterocycles. The fourth-order valence-corrected chi connectivity index (χ4v) is 0.913. The topological polar surface area (TPSA) is 29.5 Å². The number of rotatable bonds is 1. The van der Waals surface area contributed by atoms with E-state index < -0.39 is 0 Å². The fourth-order valence-electron chi connectivity index (χ4n) is 0.913. The predicted octanol–water partition coefficient (Wildman–Crippen LogP) is 2.34. The van der Waals surface area contributed by atoms with Crippen LogP contribution in [-0.4, -0.2) is 37.1 Å². The first kappa shape index (κ1) is 24.4. The number of morpholine rings is 1. The van der Waals surface area contributed by atoms with Crippen LogP contribution in [0, 0.1) is 0 Å². The number of nitrogens with zero attached hydrogens (tertiary/aromatic N) is 1. The van der Waals surface area contributed by atoms with Crippen molar-refractivity contribution in [2.75, 3.05) is 26.3 Å². The summed E-state index contributed by atoms with van der Waals surface area (Å²) in [7, 11) is 0. The average Bonchev–Trinajstić information content (AvgIpc) is 2.05. The van der Waals surface area contributed by atoms with Gasteiger partial charge in [0, 0.05) is 13.1 Å². The van der Waals surface area contributed by atoms with Crippen LogP contribution in [0.2, 0.25) is 0 Å². The molecule has 1 amide bonds. The lowest BCUT2D eigenvalue weighted by atomic mass is 10.4. The molecule has 0 unspecified atom stereocenters. The Kier molecular flexibility index (Phi) is 24.5. The second-order valence-electron chi connectivity index (χ2n) is 2.14. The molecule has 88 valence electrons. The van der Waals surface area contributed by atoms with E-state index in [1.807, 2.05) is 0 Å². The van der Waals surface area contributed by atoms with Gasteiger partial charge in [-0.15, -0.1) is 67.9 Å². The summed E-state index contributed by atoms with van der Waals surface area (Å²) in [5.74, 6) is 0.00306. The highest BCUT2D eigenvalue weighted by molar-refractivity contribution is 8.93. The third-order valence-electron chi connectivity index (χ3n) is 1.50. The zero-order chi connectivity index (χ0) is 7.40. The van der Waals surface area contributed by atoms with Crippen molar-refractivity contribution in [3.63, 3.8) is 0 Å². The minimum absolute atomic E-state index is 0. The molecule has 0 spiro atoms. The van der Waals surface area contributed by atoms with Gasteiger partial charge in [0.15, 0.2) is 0 Å². The molecule has 1 fully saturated rings. The zero-order valence-corrected chi connectivity index (χ0v) is 14.4. The van der Waals surface area contributed by atoms with Crippen molar-refractivity contribution in [3.8, 4) is 0 Å². The van der Waals surface area contributed by atoms with Gasteiger partial charge in [-0.1, -0.05) is 6.58 Å². The summed E-state index contributed by atoms with van der Waals surface area (Å²) in [5, 5.41) is 0. The van der Waals surface area contributed by atoms with Crippen LogP contribution < -0.4 is 0 Å². The SMILES string of the molecule is Br.Br.Br.Br.C=CC(=O)N1CCOCC1. The molecule has 7 heteroatoms. The maximum Gasteiger partial charge on any atom is 0.246 e. The Balaban J connectivity index is -0.000000125. The van der Waals surface area contributed by atoms with Crippen molar-refractivity contribution < 1.29 is 9.53 Å². The van der Waals surface area contributed by atoms with Gasteiger partial charge in [0.05, 0.1) is 13.2 Å². The average molecular weight is 465 g/mol. The maximum atomic E-state index is 10.9. The third-order valence-corrected chi connectivity index (χ3v) is 1.50. The normalized spacial score (nSPS) is 13.3. The van der Waals surface area contributed by atoms with Gasteiger partial charge in [-0.2, -0.15) is 0 Å². The summed E-state index contributed by atoms with van der Waals surface area (Å²) in [6.45, 7) is 6.11. The largest absolute Gasteiger partial charge is 0.378 e. The number of carbonyl (C=O) groups excluding carboxylic acids is 1. The van der Waals surface area contributed by atoms with Crippen LogP contribution >= 0.6 is 67.9 Å². The first-order valence-electron chi connectivity index (χ1n) is 3.33. The first-order chi connectivity index (χ1) is 4.84. The lowest BCUT2D eigenvalue weighted by Gasteiger charge is -2.25. The molecule has 0 N–H and O–H groups in total. The Labute approximate surface area is 126 Å². The van der Waals surface area contributed by atoms with Gasteiger partial charge < -0.3 is 9.64 Å². The van der Waals surface area contributed by atoms with Crippen LogP contribution in [0.4, 0.5) is 0 Å². The lowest BCUT2D eigenvalue weighted by Crippen LogP contribution is -2.39. The van der Waals surface area contributed by atoms with E-state index in [2.05, 4.69) is 6.58 Å². The molecular weight excluding hydrogens is 450 g/mol. The Hall–Kier alpha value is 1.09. The Morgan fingerprint density at radius 2 is 1.57 bits per heavy atom. The van der Waals surface area contributed by atoms with Crippen LogP contribution in [0.1, 0.15) is 0 Å². The molecule has 0 aliphatic carbocycles. The summed E-state index contributed by atoms with van der Waals surface area (Å²) >= 11 is 0. The van der Waals surface area contributed by atoms with Crippen LogP contribution in [-0.2, 0) is 9.53 Å². The fraction of sp³-hybridized carbons (Fsp3) is 0.571. The summed E-state index contributed by atoms with van der Waals surface area (Å²) < 4.78 is 5.07. The molecule has 0 saturated carbocycles. The van der Waals surface area contributed by atoms with E-state index in [-0.39, 0.29) is 73.8 Å². The molecule has 14 heavy (non-hydrogen) atoms. The summed E-state index contributed by atoms with van der Waals surface area (Å²) in [5.41, 5.74) is 0. The van der Waals surface area contributed by atoms with Crippen LogP contribution in [0.15, 0.2) is 12.7 Å². The quantitative estimate of drug-likeness (QED) is 0.558. The van der Waals surface area contributed by atoms with E-state index in [0.29, 0.717) is 26.3 Å². The lowest BCUT2D eigenvalue weighted by molar-refractivity contribution is -0.129. The Morgan fingerprint density at radius 1 is 1.14 bits per heavy atom. The molecule has 1 heterocycles. The number of hydrogen-bond donors (Lipinski definition) is 0. The molecule has 0 bridgehead atoms. The molecule has 1 rings (SSSR count). The summed E-state index contributed by atoms with van der Waals surface area (Å²) in [4.78, 5) is 12.7. The van der Waals surface area contributed by atoms with Crippen molar-refractivity contribution >= 4 is 73.8 Å². The molecule has 0 aromatic carbocycles. The first-order valence-corrected chi connectivity index (χ1v) is 3.33. The van der Waals surface area contributed by atoms with Gasteiger partial charge in [-0.3, -0.25) is 4.79 Å². The highest BCUT2D eigenvalue weighted by Crippen LogP contribution is 1.96. The van der Waals surface area contributed by atoms with E-state index in [4.69, 9.17) is 4.74 Å². The summed E-state index contributed by atoms with van der Waals surface area (Å²) in [6, 6.07) is 0. The second kappa shape index (κ2) is 14.1. The third kappa shape index (κ3) is 8.40. The molecule has 3 nitrogen and oxygen atoms in total. The number of hydrogen-bond acceptors (Lipinski definition) is 2. The van der Waals surface area contributed by atoms with Crippen molar-refractivity contribution in [2.45, 2.75) is 0 Å². The van der Waals surface area contributed by atoms with Gasteiger partial charge in [0.1, 0.15) is 0 Å². The number of amides is 1. The smallest absolute Gasteiger partial charge is 0.246 e. The second-order valence-corrected chi connectivity index (χ2v) is 2.14. The van der Waals surface area contributed by atoms with Crippen molar-refractivity contribution in [1.82, 2.24) is 4.90 Å². The van der Waals surface area contributed by atoms with E-state index in [1.165, 1.54) is 6.08 Å². The molecule has 0 radical (unpaired) electrons. The van der Waals surface area contributed by atoms with Crippen molar-refractivity contribution in [3.05, 3.63) is 12.7 Å². The van der Waals surface area contributed by atoms with Crippen LogP contribution in [0.5, 0.6) is 0 Å². The van der Waals surface area contributed by atoms with E-state index in [9.17, 15) is 4.79 Å². The van der Waals surface area contributed by atoms with Crippen LogP contribution in [0.3, 0.4) is 0 Å². The van der Waals surface area contributed by atoms with Gasteiger partial charge in [-0.05, 0) is 6.08 Å².